The molecule has 0 bridgehead atoms. The Bertz CT molecular complexity index is 665. The lowest BCUT2D eigenvalue weighted by Gasteiger charge is -2.16. The second-order valence-corrected chi connectivity index (χ2v) is 5.71. The van der Waals surface area contributed by atoms with Gasteiger partial charge in [0.15, 0.2) is 0 Å². The number of nitrogens with one attached hydrogen (secondary N) is 2. The predicted molar refractivity (Wildman–Crippen MR) is 90.6 cm³/mol. The summed E-state index contributed by atoms with van der Waals surface area (Å²) in [6, 6.07) is 8.92. The monoisotopic (exact) mass is 352 g/mol. The van der Waals surface area contributed by atoms with Gasteiger partial charge in [0.1, 0.15) is 6.04 Å². The van der Waals surface area contributed by atoms with E-state index in [0.29, 0.717) is 25.5 Å². The van der Waals surface area contributed by atoms with E-state index in [-0.39, 0.29) is 24.2 Å². The number of rotatable bonds is 5. The fraction of sp³-hybridized carbons (Fsp3) is 0.467. The lowest BCUT2D eigenvalue weighted by Crippen LogP contribution is -2.38. The number of carbonyl (C=O) groups is 1. The van der Waals surface area contributed by atoms with Crippen LogP contribution in [0.15, 0.2) is 30.3 Å². The fourth-order valence-corrected chi connectivity index (χ4v) is 2.50. The minimum absolute atomic E-state index is 0. The average molecular weight is 353 g/mol. The highest BCUT2D eigenvalue weighted by molar-refractivity contribution is 5.85. The zero-order valence-electron chi connectivity index (χ0n) is 13.3. The number of carbonyl (C=O) groups excluding carboxylic acids is 1. The van der Waals surface area contributed by atoms with Gasteiger partial charge in [0.2, 0.25) is 11.7 Å². The number of benzene rings is 1. The Labute approximate surface area is 146 Å². The first-order chi connectivity index (χ1) is 11.1. The van der Waals surface area contributed by atoms with Crippen LogP contribution >= 0.6 is 12.4 Å². The number of hydrogen-bond acceptors (Lipinski definition) is 6. The molecule has 3 rings (SSSR count). The summed E-state index contributed by atoms with van der Waals surface area (Å²) >= 11 is 0. The van der Waals surface area contributed by atoms with Crippen molar-refractivity contribution in [1.82, 2.24) is 30.8 Å². The van der Waals surface area contributed by atoms with Gasteiger partial charge in [-0.1, -0.05) is 30.3 Å². The van der Waals surface area contributed by atoms with Crippen molar-refractivity contribution in [2.75, 3.05) is 19.6 Å². The molecule has 1 amide bonds. The van der Waals surface area contributed by atoms with Crippen LogP contribution in [-0.4, -0.2) is 57.0 Å². The molecule has 1 aliphatic heterocycles. The van der Waals surface area contributed by atoms with Crippen LogP contribution in [0.25, 0.3) is 11.4 Å². The molecule has 1 aromatic heterocycles. The van der Waals surface area contributed by atoms with Crippen molar-refractivity contribution in [3.8, 4) is 11.4 Å². The number of halogens is 1. The molecule has 3 N–H and O–H groups in total. The fourth-order valence-electron chi connectivity index (χ4n) is 2.50. The highest BCUT2D eigenvalue weighted by Crippen LogP contribution is 2.14. The van der Waals surface area contributed by atoms with Crippen molar-refractivity contribution in [3.63, 3.8) is 0 Å². The molecule has 1 aliphatic rings. The van der Waals surface area contributed by atoms with Gasteiger partial charge in [-0.2, -0.15) is 4.80 Å². The van der Waals surface area contributed by atoms with Gasteiger partial charge in [0.25, 0.3) is 0 Å². The van der Waals surface area contributed by atoms with Crippen LogP contribution in [0.4, 0.5) is 0 Å². The van der Waals surface area contributed by atoms with Crippen molar-refractivity contribution in [2.24, 2.45) is 5.92 Å². The summed E-state index contributed by atoms with van der Waals surface area (Å²) in [7, 11) is 0. The molecule has 0 aliphatic carbocycles. The maximum absolute atomic E-state index is 12.2. The van der Waals surface area contributed by atoms with Crippen LogP contribution in [0.3, 0.4) is 0 Å². The summed E-state index contributed by atoms with van der Waals surface area (Å²) in [4.78, 5) is 13.5. The van der Waals surface area contributed by atoms with Gasteiger partial charge in [-0.3, -0.25) is 4.79 Å². The van der Waals surface area contributed by atoms with E-state index in [9.17, 15) is 9.90 Å². The van der Waals surface area contributed by atoms with Crippen LogP contribution in [-0.2, 0) is 4.79 Å². The number of amides is 1. The Morgan fingerprint density at radius 3 is 2.83 bits per heavy atom. The maximum Gasteiger partial charge on any atom is 0.246 e. The largest absolute Gasteiger partial charge is 0.391 e. The van der Waals surface area contributed by atoms with Crippen molar-refractivity contribution in [3.05, 3.63) is 30.3 Å². The summed E-state index contributed by atoms with van der Waals surface area (Å²) in [6.07, 6.45) is -0.417. The van der Waals surface area contributed by atoms with Crippen LogP contribution in [0.1, 0.15) is 13.0 Å². The molecule has 1 aromatic carbocycles. The predicted octanol–water partition coefficient (Wildman–Crippen LogP) is 0.0194. The Kier molecular flexibility index (Phi) is 6.24. The zero-order valence-corrected chi connectivity index (χ0v) is 14.1. The molecule has 2 heterocycles. The van der Waals surface area contributed by atoms with Gasteiger partial charge in [-0.05, 0) is 12.1 Å². The standard InChI is InChI=1S/C15H20N6O2.ClH/c1-10(15(23)17-8-12-7-16-9-13(12)22)21-19-14(18-20-21)11-5-3-2-4-6-11;/h2-6,10,12-13,16,22H,7-9H2,1H3,(H,17,23);1H. The second-order valence-electron chi connectivity index (χ2n) is 5.71. The number of tetrazole rings is 1. The second kappa shape index (κ2) is 8.18. The van der Waals surface area contributed by atoms with E-state index in [1.54, 1.807) is 6.92 Å². The molecule has 1 fully saturated rings. The molecule has 8 nitrogen and oxygen atoms in total. The molecule has 2 aromatic rings. The van der Waals surface area contributed by atoms with Crippen molar-refractivity contribution >= 4 is 18.3 Å². The van der Waals surface area contributed by atoms with Crippen molar-refractivity contribution in [2.45, 2.75) is 19.1 Å². The Hall–Kier alpha value is -2.03. The van der Waals surface area contributed by atoms with Gasteiger partial charge < -0.3 is 15.7 Å². The molecule has 0 radical (unpaired) electrons. The van der Waals surface area contributed by atoms with Crippen molar-refractivity contribution < 1.29 is 9.90 Å². The van der Waals surface area contributed by atoms with E-state index in [0.717, 1.165) is 5.56 Å². The normalized spacial score (nSPS) is 21.1. The number of aliphatic hydroxyl groups is 1. The molecular weight excluding hydrogens is 332 g/mol. The number of β-amino-alcohol motifs (C(OH)–C–C–N with tert-alkyl or cyclic N) is 1. The van der Waals surface area contributed by atoms with Gasteiger partial charge >= 0.3 is 0 Å². The highest BCUT2D eigenvalue weighted by Gasteiger charge is 2.26. The van der Waals surface area contributed by atoms with Gasteiger partial charge in [0.05, 0.1) is 6.10 Å². The van der Waals surface area contributed by atoms with E-state index in [1.807, 2.05) is 30.3 Å². The SMILES string of the molecule is CC(C(=O)NCC1CNCC1O)n1nnc(-c2ccccc2)n1.Cl. The topological polar surface area (TPSA) is 105 Å². The van der Waals surface area contributed by atoms with Gasteiger partial charge in [-0.25, -0.2) is 0 Å². The third kappa shape index (κ3) is 4.08. The molecule has 0 saturated carbocycles. The van der Waals surface area contributed by atoms with Crippen LogP contribution < -0.4 is 10.6 Å². The van der Waals surface area contributed by atoms with Gasteiger partial charge in [0, 0.05) is 31.1 Å². The molecule has 130 valence electrons. The molecule has 9 heteroatoms. The lowest BCUT2D eigenvalue weighted by atomic mass is 10.1. The summed E-state index contributed by atoms with van der Waals surface area (Å²) in [5, 5.41) is 27.9. The lowest BCUT2D eigenvalue weighted by molar-refractivity contribution is -0.124. The number of hydrogen-bond donors (Lipinski definition) is 3. The minimum Gasteiger partial charge on any atom is -0.391 e. The molecule has 24 heavy (non-hydrogen) atoms. The third-order valence-corrected chi connectivity index (χ3v) is 4.03. The minimum atomic E-state index is -0.563. The van der Waals surface area contributed by atoms with E-state index in [4.69, 9.17) is 0 Å². The Morgan fingerprint density at radius 2 is 2.17 bits per heavy atom. The van der Waals surface area contributed by atoms with E-state index < -0.39 is 12.1 Å². The van der Waals surface area contributed by atoms with Gasteiger partial charge in [-0.15, -0.1) is 22.6 Å². The molecule has 3 unspecified atom stereocenters. The molecule has 0 spiro atoms. The Morgan fingerprint density at radius 1 is 1.42 bits per heavy atom. The van der Waals surface area contributed by atoms with E-state index in [2.05, 4.69) is 26.0 Å². The number of aromatic nitrogens is 4. The van der Waals surface area contributed by atoms with Crippen LogP contribution in [0, 0.1) is 5.92 Å². The third-order valence-electron chi connectivity index (χ3n) is 4.03. The summed E-state index contributed by atoms with van der Waals surface area (Å²) in [6.45, 7) is 3.42. The number of aliphatic hydroxyl groups excluding tert-OH is 1. The Balaban J connectivity index is 0.00000208. The summed E-state index contributed by atoms with van der Waals surface area (Å²) < 4.78 is 0. The highest BCUT2D eigenvalue weighted by atomic mass is 35.5. The molecule has 3 atom stereocenters. The van der Waals surface area contributed by atoms with E-state index >= 15 is 0 Å². The summed E-state index contributed by atoms with van der Waals surface area (Å²) in [5.74, 6) is 0.330. The first-order valence-electron chi connectivity index (χ1n) is 7.66. The van der Waals surface area contributed by atoms with Crippen LogP contribution in [0.2, 0.25) is 0 Å². The van der Waals surface area contributed by atoms with Crippen LogP contribution in [0.5, 0.6) is 0 Å². The smallest absolute Gasteiger partial charge is 0.246 e. The molecular formula is C15H21ClN6O2. The maximum atomic E-state index is 12.2. The van der Waals surface area contributed by atoms with Crippen molar-refractivity contribution in [1.29, 1.82) is 0 Å². The summed E-state index contributed by atoms with van der Waals surface area (Å²) in [5.41, 5.74) is 0.853. The van der Waals surface area contributed by atoms with E-state index in [1.165, 1.54) is 4.80 Å². The first-order valence-corrected chi connectivity index (χ1v) is 7.66. The molecule has 1 saturated heterocycles. The first kappa shape index (κ1) is 18.3. The number of nitrogens with zero attached hydrogens (tertiary/aromatic N) is 4. The average Bonchev–Trinajstić information content (AvgIpc) is 3.22. The zero-order chi connectivity index (χ0) is 16.2. The quantitative estimate of drug-likeness (QED) is 0.700.